The fourth-order valence-electron chi connectivity index (χ4n) is 2.00. The first kappa shape index (κ1) is 12.7. The van der Waals surface area contributed by atoms with Crippen LogP contribution in [0.5, 0.6) is 0 Å². The van der Waals surface area contributed by atoms with E-state index >= 15 is 0 Å². The Hall–Kier alpha value is -2.37. The molecular formula is C14H10F3N3. The van der Waals surface area contributed by atoms with Crippen LogP contribution in [0.15, 0.2) is 42.9 Å². The van der Waals surface area contributed by atoms with Gasteiger partial charge < -0.3 is 0 Å². The molecule has 0 aliphatic heterocycles. The van der Waals surface area contributed by atoms with E-state index in [9.17, 15) is 13.2 Å². The van der Waals surface area contributed by atoms with Gasteiger partial charge in [0.1, 0.15) is 0 Å². The van der Waals surface area contributed by atoms with Gasteiger partial charge in [-0.25, -0.2) is 4.52 Å². The quantitative estimate of drug-likeness (QED) is 0.678. The van der Waals surface area contributed by atoms with Crippen molar-refractivity contribution in [3.8, 4) is 11.3 Å². The highest BCUT2D eigenvalue weighted by atomic mass is 19.4. The molecule has 0 bridgehead atoms. The molecule has 102 valence electrons. The molecule has 3 aromatic heterocycles. The monoisotopic (exact) mass is 277 g/mol. The molecule has 0 aliphatic carbocycles. The maximum atomic E-state index is 12.5. The van der Waals surface area contributed by atoms with E-state index in [2.05, 4.69) is 10.1 Å². The maximum absolute atomic E-state index is 12.5. The Morgan fingerprint density at radius 3 is 2.55 bits per heavy atom. The van der Waals surface area contributed by atoms with Gasteiger partial charge >= 0.3 is 6.18 Å². The predicted molar refractivity (Wildman–Crippen MR) is 68.2 cm³/mol. The van der Waals surface area contributed by atoms with Gasteiger partial charge in [-0.15, -0.1) is 0 Å². The van der Waals surface area contributed by atoms with Gasteiger partial charge in [-0.3, -0.25) is 4.98 Å². The number of hydrogen-bond acceptors (Lipinski definition) is 2. The molecule has 0 aliphatic rings. The zero-order chi connectivity index (χ0) is 14.3. The van der Waals surface area contributed by atoms with Gasteiger partial charge in [0.15, 0.2) is 0 Å². The van der Waals surface area contributed by atoms with Gasteiger partial charge in [0, 0.05) is 18.0 Å². The van der Waals surface area contributed by atoms with Crippen LogP contribution in [0.2, 0.25) is 0 Å². The summed E-state index contributed by atoms with van der Waals surface area (Å²) in [6, 6.07) is 6.22. The number of fused-ring (bicyclic) bond motifs is 1. The van der Waals surface area contributed by atoms with Gasteiger partial charge in [0.25, 0.3) is 0 Å². The SMILES string of the molecule is Cc1ccn2ncc(-c3ccc(C(F)(F)F)cn3)c2c1. The Labute approximate surface area is 112 Å². The molecule has 0 amide bonds. The highest BCUT2D eigenvalue weighted by Gasteiger charge is 2.30. The summed E-state index contributed by atoms with van der Waals surface area (Å²) in [6.07, 6.45) is -0.125. The van der Waals surface area contributed by atoms with Crippen LogP contribution >= 0.6 is 0 Å². The van der Waals surface area contributed by atoms with E-state index in [4.69, 9.17) is 0 Å². The van der Waals surface area contributed by atoms with Gasteiger partial charge in [-0.1, -0.05) is 0 Å². The van der Waals surface area contributed by atoms with Crippen LogP contribution in [0.4, 0.5) is 13.2 Å². The van der Waals surface area contributed by atoms with Crippen molar-refractivity contribution < 1.29 is 13.2 Å². The topological polar surface area (TPSA) is 30.2 Å². The largest absolute Gasteiger partial charge is 0.417 e. The van der Waals surface area contributed by atoms with E-state index < -0.39 is 11.7 Å². The minimum absolute atomic E-state index is 0.471. The molecular weight excluding hydrogens is 267 g/mol. The van der Waals surface area contributed by atoms with E-state index in [1.807, 2.05) is 19.1 Å². The lowest BCUT2D eigenvalue weighted by Crippen LogP contribution is -2.05. The molecule has 0 atom stereocenters. The number of nitrogens with zero attached hydrogens (tertiary/aromatic N) is 3. The van der Waals surface area contributed by atoms with E-state index in [0.717, 1.165) is 23.3 Å². The Bertz CT molecular complexity index is 757. The molecule has 0 N–H and O–H groups in total. The van der Waals surface area contributed by atoms with Gasteiger partial charge in [0.2, 0.25) is 0 Å². The van der Waals surface area contributed by atoms with Crippen molar-refractivity contribution in [1.82, 2.24) is 14.6 Å². The normalized spacial score (nSPS) is 12.0. The van der Waals surface area contributed by atoms with Crippen LogP contribution in [0.3, 0.4) is 0 Å². The number of aromatic nitrogens is 3. The Morgan fingerprint density at radius 1 is 1.10 bits per heavy atom. The van der Waals surface area contributed by atoms with Crippen molar-refractivity contribution >= 4 is 5.52 Å². The number of pyridine rings is 2. The number of aryl methyl sites for hydroxylation is 1. The molecule has 3 heterocycles. The molecule has 0 saturated heterocycles. The zero-order valence-corrected chi connectivity index (χ0v) is 10.5. The Kier molecular flexibility index (Phi) is 2.74. The molecule has 0 unspecified atom stereocenters. The van der Waals surface area contributed by atoms with E-state index in [1.54, 1.807) is 16.9 Å². The summed E-state index contributed by atoms with van der Waals surface area (Å²) in [5.41, 5.74) is 2.29. The zero-order valence-electron chi connectivity index (χ0n) is 10.5. The van der Waals surface area contributed by atoms with E-state index in [0.29, 0.717) is 11.3 Å². The van der Waals surface area contributed by atoms with Crippen LogP contribution in [0.25, 0.3) is 16.8 Å². The maximum Gasteiger partial charge on any atom is 0.417 e. The summed E-state index contributed by atoms with van der Waals surface area (Å²) >= 11 is 0. The Balaban J connectivity index is 2.09. The second kappa shape index (κ2) is 4.33. The average Bonchev–Trinajstić information content (AvgIpc) is 2.81. The smallest absolute Gasteiger partial charge is 0.255 e. The first-order valence-corrected chi connectivity index (χ1v) is 5.93. The van der Waals surface area contributed by atoms with Crippen LogP contribution in [-0.2, 0) is 6.18 Å². The highest BCUT2D eigenvalue weighted by Crippen LogP contribution is 2.30. The van der Waals surface area contributed by atoms with Gasteiger partial charge in [-0.2, -0.15) is 18.3 Å². The third-order valence-corrected chi connectivity index (χ3v) is 3.04. The lowest BCUT2D eigenvalue weighted by atomic mass is 10.1. The highest BCUT2D eigenvalue weighted by molar-refractivity contribution is 5.77. The van der Waals surface area contributed by atoms with Crippen LogP contribution < -0.4 is 0 Å². The van der Waals surface area contributed by atoms with Crippen LogP contribution in [0.1, 0.15) is 11.1 Å². The fraction of sp³-hybridized carbons (Fsp3) is 0.143. The molecule has 6 heteroatoms. The molecule has 0 saturated carbocycles. The van der Waals surface area contributed by atoms with Gasteiger partial charge in [0.05, 0.1) is 23.0 Å². The summed E-state index contributed by atoms with van der Waals surface area (Å²) in [4.78, 5) is 3.89. The van der Waals surface area contributed by atoms with Crippen LogP contribution in [-0.4, -0.2) is 14.6 Å². The molecule has 20 heavy (non-hydrogen) atoms. The Morgan fingerprint density at radius 2 is 1.90 bits per heavy atom. The first-order chi connectivity index (χ1) is 9.45. The molecule has 3 nitrogen and oxygen atoms in total. The summed E-state index contributed by atoms with van der Waals surface area (Å²) < 4.78 is 39.2. The third kappa shape index (κ3) is 2.13. The molecule has 0 radical (unpaired) electrons. The van der Waals surface area contributed by atoms with Crippen LogP contribution in [0, 0.1) is 6.92 Å². The number of halogens is 3. The van der Waals surface area contributed by atoms with Crippen molar-refractivity contribution in [2.24, 2.45) is 0 Å². The predicted octanol–water partition coefficient (Wildman–Crippen LogP) is 3.72. The molecule has 0 fully saturated rings. The molecule has 3 aromatic rings. The minimum Gasteiger partial charge on any atom is -0.255 e. The standard InChI is InChI=1S/C14H10F3N3/c1-9-4-5-20-13(6-9)11(8-19-20)12-3-2-10(7-18-12)14(15,16)17/h2-8H,1H3. The molecule has 0 aromatic carbocycles. The average molecular weight is 277 g/mol. The second-order valence-electron chi connectivity index (χ2n) is 4.52. The first-order valence-electron chi connectivity index (χ1n) is 5.93. The van der Waals surface area contributed by atoms with Crippen molar-refractivity contribution in [1.29, 1.82) is 0 Å². The van der Waals surface area contributed by atoms with Crippen molar-refractivity contribution in [3.05, 3.63) is 54.0 Å². The summed E-state index contributed by atoms with van der Waals surface area (Å²) in [6.45, 7) is 1.94. The number of rotatable bonds is 1. The fourth-order valence-corrected chi connectivity index (χ4v) is 2.00. The van der Waals surface area contributed by atoms with Crippen molar-refractivity contribution in [2.75, 3.05) is 0 Å². The summed E-state index contributed by atoms with van der Waals surface area (Å²) in [7, 11) is 0. The third-order valence-electron chi connectivity index (χ3n) is 3.04. The lowest BCUT2D eigenvalue weighted by molar-refractivity contribution is -0.137. The second-order valence-corrected chi connectivity index (χ2v) is 4.52. The lowest BCUT2D eigenvalue weighted by Gasteiger charge is -2.06. The van der Waals surface area contributed by atoms with Gasteiger partial charge in [-0.05, 0) is 36.8 Å². The molecule has 3 rings (SSSR count). The number of hydrogen-bond donors (Lipinski definition) is 0. The number of alkyl halides is 3. The molecule has 0 spiro atoms. The van der Waals surface area contributed by atoms with E-state index in [1.165, 1.54) is 6.07 Å². The summed E-state index contributed by atoms with van der Waals surface area (Å²) in [5.74, 6) is 0. The van der Waals surface area contributed by atoms with Crippen molar-refractivity contribution in [2.45, 2.75) is 13.1 Å². The van der Waals surface area contributed by atoms with Crippen molar-refractivity contribution in [3.63, 3.8) is 0 Å². The van der Waals surface area contributed by atoms with E-state index in [-0.39, 0.29) is 0 Å². The minimum atomic E-state index is -4.37. The summed E-state index contributed by atoms with van der Waals surface area (Å²) in [5, 5.41) is 4.16.